The third-order valence-electron chi connectivity index (χ3n) is 8.35. The normalized spacial score (nSPS) is 21.8. The van der Waals surface area contributed by atoms with Gasteiger partial charge in [-0.25, -0.2) is 17.9 Å². The van der Waals surface area contributed by atoms with Crippen molar-refractivity contribution in [3.63, 3.8) is 0 Å². The third kappa shape index (κ3) is 7.82. The van der Waals surface area contributed by atoms with Crippen LogP contribution in [0.3, 0.4) is 0 Å². The lowest BCUT2D eigenvalue weighted by molar-refractivity contribution is -0.124. The molecule has 1 aromatic heterocycles. The molecule has 4 atom stereocenters. The Kier molecular flexibility index (Phi) is 10.3. The molecule has 0 radical (unpaired) electrons. The Hall–Kier alpha value is -3.25. The fourth-order valence-electron chi connectivity index (χ4n) is 6.54. The van der Waals surface area contributed by atoms with Crippen molar-refractivity contribution in [1.29, 1.82) is 0 Å². The predicted octanol–water partition coefficient (Wildman–Crippen LogP) is 5.86. The molecule has 2 aromatic carbocycles. The van der Waals surface area contributed by atoms with Crippen molar-refractivity contribution in [2.45, 2.75) is 82.5 Å². The number of carbonyl (C=O) groups excluding carboxylic acids is 3. The standard InChI is InChI=1S/C34H40ClN3O6S2/c1-34(2,3)44-33(41)30-22(18-20-45-30)17-19-36-31(39)28-24-9-5-6-10-25(24)32(40)38(29(28)21-13-15-23(35)16-14-21)27-12-8-7-11-26(27)37-46(4,42)43/h5-6,9-10,13-16,18,20,26-29,37H,7-8,11-12,17,19H2,1-4H3,(H,36,39)/t26-,27-,28+,29-/m0/s1. The second-order valence-electron chi connectivity index (χ2n) is 12.9. The molecule has 0 saturated heterocycles. The summed E-state index contributed by atoms with van der Waals surface area (Å²) in [4.78, 5) is 43.7. The van der Waals surface area contributed by atoms with Gasteiger partial charge in [-0.15, -0.1) is 11.3 Å². The van der Waals surface area contributed by atoms with E-state index in [1.54, 1.807) is 29.2 Å². The molecule has 1 saturated carbocycles. The van der Waals surface area contributed by atoms with Gasteiger partial charge in [-0.2, -0.15) is 0 Å². The van der Waals surface area contributed by atoms with Gasteiger partial charge in [0.25, 0.3) is 5.91 Å². The lowest BCUT2D eigenvalue weighted by atomic mass is 9.76. The van der Waals surface area contributed by atoms with E-state index < -0.39 is 45.6 Å². The molecule has 3 aromatic rings. The van der Waals surface area contributed by atoms with Crippen molar-refractivity contribution < 1.29 is 27.5 Å². The molecule has 46 heavy (non-hydrogen) atoms. The first-order valence-electron chi connectivity index (χ1n) is 15.5. The van der Waals surface area contributed by atoms with Crippen molar-refractivity contribution in [2.24, 2.45) is 0 Å². The number of esters is 1. The smallest absolute Gasteiger partial charge is 0.349 e. The summed E-state index contributed by atoms with van der Waals surface area (Å²) >= 11 is 7.56. The summed E-state index contributed by atoms with van der Waals surface area (Å²) in [5.74, 6) is -1.70. The molecule has 9 nitrogen and oxygen atoms in total. The van der Waals surface area contributed by atoms with Gasteiger partial charge < -0.3 is 15.0 Å². The number of halogens is 1. The Bertz CT molecular complexity index is 1700. The van der Waals surface area contributed by atoms with Crippen molar-refractivity contribution in [2.75, 3.05) is 12.8 Å². The number of rotatable bonds is 9. The Morgan fingerprint density at radius 3 is 2.43 bits per heavy atom. The maximum absolute atomic E-state index is 14.4. The molecular weight excluding hydrogens is 646 g/mol. The summed E-state index contributed by atoms with van der Waals surface area (Å²) in [7, 11) is -3.56. The third-order valence-corrected chi connectivity index (χ3v) is 10.3. The molecule has 0 spiro atoms. The zero-order chi connectivity index (χ0) is 33.2. The van der Waals surface area contributed by atoms with Crippen LogP contribution in [0.5, 0.6) is 0 Å². The number of nitrogens with zero attached hydrogens (tertiary/aromatic N) is 1. The van der Waals surface area contributed by atoms with Crippen molar-refractivity contribution in [3.05, 3.63) is 92.1 Å². The van der Waals surface area contributed by atoms with E-state index in [0.717, 1.165) is 30.2 Å². The molecular formula is C34H40ClN3O6S2. The summed E-state index contributed by atoms with van der Waals surface area (Å²) in [5.41, 5.74) is 1.90. The Balaban J connectivity index is 1.49. The average molecular weight is 686 g/mol. The van der Waals surface area contributed by atoms with Gasteiger partial charge in [-0.3, -0.25) is 9.59 Å². The highest BCUT2D eigenvalue weighted by atomic mass is 35.5. The molecule has 2 N–H and O–H groups in total. The number of hydrogen-bond donors (Lipinski definition) is 2. The average Bonchev–Trinajstić information content (AvgIpc) is 3.45. The summed E-state index contributed by atoms with van der Waals surface area (Å²) in [6.45, 7) is 5.71. The van der Waals surface area contributed by atoms with Gasteiger partial charge in [0.15, 0.2) is 0 Å². The molecule has 246 valence electrons. The topological polar surface area (TPSA) is 122 Å². The van der Waals surface area contributed by atoms with Crippen LogP contribution in [0.1, 0.15) is 95.1 Å². The van der Waals surface area contributed by atoms with Crippen LogP contribution in [0.15, 0.2) is 60.0 Å². The minimum absolute atomic E-state index is 0.243. The second kappa shape index (κ2) is 13.9. The fraction of sp³-hybridized carbons (Fsp3) is 0.441. The molecule has 2 aliphatic rings. The summed E-state index contributed by atoms with van der Waals surface area (Å²) in [6, 6.07) is 14.4. The maximum atomic E-state index is 14.4. The summed E-state index contributed by atoms with van der Waals surface area (Å²) in [5, 5.41) is 5.43. The first-order chi connectivity index (χ1) is 21.7. The van der Waals surface area contributed by atoms with E-state index in [9.17, 15) is 22.8 Å². The zero-order valence-corrected chi connectivity index (χ0v) is 28.8. The van der Waals surface area contributed by atoms with Crippen molar-refractivity contribution in [3.8, 4) is 0 Å². The number of thiophene rings is 1. The molecule has 2 amide bonds. The van der Waals surface area contributed by atoms with Crippen LogP contribution in [-0.4, -0.2) is 61.6 Å². The highest BCUT2D eigenvalue weighted by Crippen LogP contribution is 2.46. The van der Waals surface area contributed by atoms with Crippen LogP contribution < -0.4 is 10.0 Å². The minimum Gasteiger partial charge on any atom is -0.456 e. The quantitative estimate of drug-likeness (QED) is 0.272. The zero-order valence-electron chi connectivity index (χ0n) is 26.4. The number of benzene rings is 2. The van der Waals surface area contributed by atoms with Crippen LogP contribution >= 0.6 is 22.9 Å². The number of amides is 2. The number of carbonyl (C=O) groups is 3. The largest absolute Gasteiger partial charge is 0.456 e. The predicted molar refractivity (Wildman–Crippen MR) is 180 cm³/mol. The van der Waals surface area contributed by atoms with Gasteiger partial charge in [0.2, 0.25) is 15.9 Å². The van der Waals surface area contributed by atoms with Crippen molar-refractivity contribution in [1.82, 2.24) is 14.9 Å². The fourth-order valence-corrected chi connectivity index (χ4v) is 8.32. The molecule has 0 bridgehead atoms. The summed E-state index contributed by atoms with van der Waals surface area (Å²) < 4.78 is 33.1. The number of ether oxygens (including phenoxy) is 1. The van der Waals surface area contributed by atoms with Gasteiger partial charge in [0.1, 0.15) is 10.5 Å². The maximum Gasteiger partial charge on any atom is 0.349 e. The molecule has 1 aliphatic heterocycles. The molecule has 1 aliphatic carbocycles. The SMILES string of the molecule is CC(C)(C)OC(=O)c1sccc1CCNC(=O)[C@@H]1c2ccccc2C(=O)N([C@H]2CCCC[C@@H]2NS(C)(=O)=O)[C@H]1c1ccc(Cl)cc1. The Morgan fingerprint density at radius 2 is 1.74 bits per heavy atom. The van der Waals surface area contributed by atoms with Gasteiger partial charge in [0.05, 0.1) is 18.2 Å². The first-order valence-corrected chi connectivity index (χ1v) is 18.6. The molecule has 0 unspecified atom stereocenters. The van der Waals surface area contributed by atoms with Crippen LogP contribution in [-0.2, 0) is 26.0 Å². The molecule has 12 heteroatoms. The number of nitrogens with one attached hydrogen (secondary N) is 2. The van der Waals surface area contributed by atoms with E-state index in [2.05, 4.69) is 10.0 Å². The highest BCUT2D eigenvalue weighted by Gasteiger charge is 2.48. The Labute approximate surface area is 279 Å². The van der Waals surface area contributed by atoms with E-state index in [4.69, 9.17) is 16.3 Å². The van der Waals surface area contributed by atoms with Crippen LogP contribution in [0.2, 0.25) is 5.02 Å². The molecule has 1 fully saturated rings. The lowest BCUT2D eigenvalue weighted by Gasteiger charge is -2.49. The molecule has 5 rings (SSSR count). The second-order valence-corrected chi connectivity index (χ2v) is 16.1. The number of fused-ring (bicyclic) bond motifs is 1. The van der Waals surface area contributed by atoms with E-state index in [1.165, 1.54) is 11.3 Å². The van der Waals surface area contributed by atoms with Gasteiger partial charge in [0, 0.05) is 29.2 Å². The molecule has 2 heterocycles. The monoisotopic (exact) mass is 685 g/mol. The van der Waals surface area contributed by atoms with Crippen molar-refractivity contribution >= 4 is 50.7 Å². The van der Waals surface area contributed by atoms with Gasteiger partial charge in [-0.1, -0.05) is 54.8 Å². The van der Waals surface area contributed by atoms with E-state index in [1.807, 2.05) is 56.5 Å². The van der Waals surface area contributed by atoms with E-state index in [-0.39, 0.29) is 18.4 Å². The van der Waals surface area contributed by atoms with E-state index in [0.29, 0.717) is 40.3 Å². The minimum atomic E-state index is -3.56. The van der Waals surface area contributed by atoms with E-state index >= 15 is 0 Å². The van der Waals surface area contributed by atoms with Crippen LogP contribution in [0.4, 0.5) is 0 Å². The number of hydrogen-bond acceptors (Lipinski definition) is 7. The number of sulfonamides is 1. The first kappa shape index (κ1) is 34.1. The van der Waals surface area contributed by atoms with Gasteiger partial charge in [-0.05, 0) is 86.4 Å². The lowest BCUT2D eigenvalue weighted by Crippen LogP contribution is -2.59. The van der Waals surface area contributed by atoms with Gasteiger partial charge >= 0.3 is 5.97 Å². The summed E-state index contributed by atoms with van der Waals surface area (Å²) in [6.07, 6.45) is 4.35. The van der Waals surface area contributed by atoms with Crippen LogP contribution in [0.25, 0.3) is 0 Å². The Morgan fingerprint density at radius 1 is 1.04 bits per heavy atom. The highest BCUT2D eigenvalue weighted by molar-refractivity contribution is 7.88. The van der Waals surface area contributed by atoms with Crippen LogP contribution in [0, 0.1) is 0 Å².